The van der Waals surface area contributed by atoms with Crippen LogP contribution in [0.1, 0.15) is 48.6 Å². The van der Waals surface area contributed by atoms with Crippen molar-refractivity contribution in [1.29, 1.82) is 0 Å². The van der Waals surface area contributed by atoms with Gasteiger partial charge in [-0.05, 0) is 86.1 Å². The summed E-state index contributed by atoms with van der Waals surface area (Å²) in [5.41, 5.74) is 4.05. The second kappa shape index (κ2) is 15.5. The molecular weight excluding hydrogens is 575 g/mol. The van der Waals surface area contributed by atoms with Gasteiger partial charge in [-0.15, -0.1) is 0 Å². The average Bonchev–Trinajstić information content (AvgIpc) is 3.81. The molecule has 226 valence electrons. The zero-order valence-electron chi connectivity index (χ0n) is 24.8. The van der Waals surface area contributed by atoms with Crippen molar-refractivity contribution in [2.45, 2.75) is 58.5 Å². The lowest BCUT2D eigenvalue weighted by molar-refractivity contribution is -0.136. The smallest absolute Gasteiger partial charge is 0.226 e. The first-order chi connectivity index (χ1) is 20.3. The lowest BCUT2D eigenvalue weighted by atomic mass is 9.99. The molecule has 0 saturated heterocycles. The quantitative estimate of drug-likeness (QED) is 0.160. The second-order valence-electron chi connectivity index (χ2n) is 10.8. The van der Waals surface area contributed by atoms with E-state index in [1.165, 1.54) is 0 Å². The van der Waals surface area contributed by atoms with Gasteiger partial charge < -0.3 is 23.8 Å². The molecule has 7 nitrogen and oxygen atoms in total. The standard InChI is InChI=1S/C33H40Cl2N2O5/c1-22-16-29(34)32(30(35)17-22)42-15-14-41-28-11-7-24(8-12-28)18-23(2)33(38)37(27-9-10-27)21-25-19-26(6-5-13-39-3)36-31(20-25)40-4/h7-8,11-12,16-17,19-20,23,27H,5-6,9-10,13-15,18,21H2,1-4H3. The summed E-state index contributed by atoms with van der Waals surface area (Å²) in [6, 6.07) is 15.8. The van der Waals surface area contributed by atoms with E-state index in [2.05, 4.69) is 11.1 Å². The summed E-state index contributed by atoms with van der Waals surface area (Å²) in [4.78, 5) is 20.2. The van der Waals surface area contributed by atoms with Gasteiger partial charge in [0.15, 0.2) is 5.75 Å². The zero-order valence-corrected chi connectivity index (χ0v) is 26.3. The molecule has 4 rings (SSSR count). The van der Waals surface area contributed by atoms with Gasteiger partial charge in [-0.2, -0.15) is 0 Å². The highest BCUT2D eigenvalue weighted by molar-refractivity contribution is 6.37. The average molecular weight is 616 g/mol. The fourth-order valence-corrected chi connectivity index (χ4v) is 5.59. The highest BCUT2D eigenvalue weighted by atomic mass is 35.5. The Labute approximate surface area is 259 Å². The molecule has 0 radical (unpaired) electrons. The minimum Gasteiger partial charge on any atom is -0.490 e. The summed E-state index contributed by atoms with van der Waals surface area (Å²) in [5.74, 6) is 1.79. The van der Waals surface area contributed by atoms with Crippen LogP contribution in [0.4, 0.5) is 0 Å². The monoisotopic (exact) mass is 614 g/mol. The first kappa shape index (κ1) is 31.9. The van der Waals surface area contributed by atoms with E-state index in [1.54, 1.807) is 14.2 Å². The maximum atomic E-state index is 13.6. The lowest BCUT2D eigenvalue weighted by Gasteiger charge is -2.26. The molecule has 1 amide bonds. The van der Waals surface area contributed by atoms with Crippen molar-refractivity contribution in [1.82, 2.24) is 9.88 Å². The number of hydrogen-bond donors (Lipinski definition) is 0. The first-order valence-electron chi connectivity index (χ1n) is 14.4. The lowest BCUT2D eigenvalue weighted by Crippen LogP contribution is -2.37. The van der Waals surface area contributed by atoms with Gasteiger partial charge in [-0.3, -0.25) is 4.79 Å². The second-order valence-corrected chi connectivity index (χ2v) is 11.6. The van der Waals surface area contributed by atoms with E-state index in [9.17, 15) is 4.79 Å². The number of methoxy groups -OCH3 is 2. The van der Waals surface area contributed by atoms with Gasteiger partial charge in [-0.25, -0.2) is 4.98 Å². The van der Waals surface area contributed by atoms with Crippen molar-refractivity contribution in [3.63, 3.8) is 0 Å². The first-order valence-corrected chi connectivity index (χ1v) is 15.2. The van der Waals surface area contributed by atoms with Gasteiger partial charge >= 0.3 is 0 Å². The molecule has 1 heterocycles. The Balaban J connectivity index is 1.30. The van der Waals surface area contributed by atoms with Crippen LogP contribution in [0.25, 0.3) is 0 Å². The molecule has 1 aromatic heterocycles. The minimum absolute atomic E-state index is 0.153. The van der Waals surface area contributed by atoms with Crippen LogP contribution in [0.3, 0.4) is 0 Å². The molecule has 1 unspecified atom stereocenters. The number of aryl methyl sites for hydroxylation is 2. The molecule has 3 aromatic rings. The van der Waals surface area contributed by atoms with Gasteiger partial charge in [0.05, 0.1) is 17.2 Å². The van der Waals surface area contributed by atoms with Crippen molar-refractivity contribution in [3.05, 3.63) is 81.0 Å². The number of ether oxygens (including phenoxy) is 4. The van der Waals surface area contributed by atoms with E-state index in [0.29, 0.717) is 60.5 Å². The molecule has 1 atom stereocenters. The van der Waals surface area contributed by atoms with Crippen LogP contribution in [0.15, 0.2) is 48.5 Å². The molecule has 1 saturated carbocycles. The van der Waals surface area contributed by atoms with Crippen LogP contribution >= 0.6 is 23.2 Å². The van der Waals surface area contributed by atoms with Gasteiger partial charge in [0.25, 0.3) is 0 Å². The number of rotatable bonds is 16. The predicted octanol–water partition coefficient (Wildman–Crippen LogP) is 7.11. The number of hydrogen-bond acceptors (Lipinski definition) is 6. The number of halogens is 2. The summed E-state index contributed by atoms with van der Waals surface area (Å²) < 4.78 is 22.2. The number of amides is 1. The van der Waals surface area contributed by atoms with Crippen LogP contribution in [0.5, 0.6) is 17.4 Å². The fraction of sp³-hybridized carbons (Fsp3) is 0.455. The molecule has 0 aliphatic heterocycles. The van der Waals surface area contributed by atoms with E-state index in [-0.39, 0.29) is 11.8 Å². The third-order valence-corrected chi connectivity index (χ3v) is 7.72. The summed E-state index contributed by atoms with van der Waals surface area (Å²) >= 11 is 12.5. The van der Waals surface area contributed by atoms with E-state index < -0.39 is 0 Å². The van der Waals surface area contributed by atoms with Crippen LogP contribution < -0.4 is 14.2 Å². The Morgan fingerprint density at radius 2 is 1.67 bits per heavy atom. The van der Waals surface area contributed by atoms with E-state index in [1.807, 2.05) is 61.2 Å². The van der Waals surface area contributed by atoms with Crippen LogP contribution in [-0.4, -0.2) is 55.9 Å². The van der Waals surface area contributed by atoms with Crippen LogP contribution in [0.2, 0.25) is 10.0 Å². The zero-order chi connectivity index (χ0) is 30.1. The molecule has 0 N–H and O–H groups in total. The third kappa shape index (κ3) is 9.25. The summed E-state index contributed by atoms with van der Waals surface area (Å²) in [6.07, 6.45) is 4.41. The molecule has 1 aliphatic rings. The van der Waals surface area contributed by atoms with E-state index >= 15 is 0 Å². The van der Waals surface area contributed by atoms with E-state index in [4.69, 9.17) is 42.1 Å². The number of carbonyl (C=O) groups is 1. The van der Waals surface area contributed by atoms with Crippen LogP contribution in [0, 0.1) is 12.8 Å². The largest absolute Gasteiger partial charge is 0.490 e. The molecule has 2 aromatic carbocycles. The van der Waals surface area contributed by atoms with Gasteiger partial charge in [0, 0.05) is 44.0 Å². The third-order valence-electron chi connectivity index (χ3n) is 7.16. The summed E-state index contributed by atoms with van der Waals surface area (Å²) in [6.45, 7) is 5.82. The Hall–Kier alpha value is -3.00. The number of aromatic nitrogens is 1. The Kier molecular flexibility index (Phi) is 11.8. The van der Waals surface area contributed by atoms with Crippen molar-refractivity contribution in [3.8, 4) is 17.4 Å². The maximum Gasteiger partial charge on any atom is 0.226 e. The highest BCUT2D eigenvalue weighted by Gasteiger charge is 2.34. The Morgan fingerprint density at radius 3 is 2.31 bits per heavy atom. The van der Waals surface area contributed by atoms with Crippen LogP contribution in [-0.2, 0) is 28.9 Å². The van der Waals surface area contributed by atoms with Gasteiger partial charge in [0.2, 0.25) is 11.8 Å². The molecule has 1 fully saturated rings. The predicted molar refractivity (Wildman–Crippen MR) is 166 cm³/mol. The van der Waals surface area contributed by atoms with E-state index in [0.717, 1.165) is 53.8 Å². The van der Waals surface area contributed by atoms with Crippen molar-refractivity contribution >= 4 is 29.1 Å². The number of benzene rings is 2. The van der Waals surface area contributed by atoms with Crippen molar-refractivity contribution in [2.24, 2.45) is 5.92 Å². The molecular formula is C33H40Cl2N2O5. The van der Waals surface area contributed by atoms with Crippen molar-refractivity contribution < 1.29 is 23.7 Å². The molecule has 0 bridgehead atoms. The molecule has 9 heteroatoms. The number of carbonyl (C=O) groups excluding carboxylic acids is 1. The highest BCUT2D eigenvalue weighted by Crippen LogP contribution is 2.34. The SMILES string of the molecule is COCCCc1cc(CN(C(=O)C(C)Cc2ccc(OCCOc3c(Cl)cc(C)cc3Cl)cc2)C2CC2)cc(OC)n1. The Bertz CT molecular complexity index is 1310. The van der Waals surface area contributed by atoms with Gasteiger partial charge in [-0.1, -0.05) is 42.3 Å². The maximum absolute atomic E-state index is 13.6. The fourth-order valence-electron chi connectivity index (χ4n) is 4.89. The summed E-state index contributed by atoms with van der Waals surface area (Å²) in [5, 5.41) is 0.966. The molecule has 1 aliphatic carbocycles. The summed E-state index contributed by atoms with van der Waals surface area (Å²) in [7, 11) is 3.32. The van der Waals surface area contributed by atoms with Crippen molar-refractivity contribution in [2.75, 3.05) is 34.0 Å². The Morgan fingerprint density at radius 1 is 0.976 bits per heavy atom. The molecule has 0 spiro atoms. The normalized spacial score (nSPS) is 13.5. The number of nitrogens with zero attached hydrogens (tertiary/aromatic N) is 2. The topological polar surface area (TPSA) is 70.1 Å². The number of pyridine rings is 1. The minimum atomic E-state index is -0.153. The van der Waals surface area contributed by atoms with Gasteiger partial charge in [0.1, 0.15) is 19.0 Å². The molecule has 42 heavy (non-hydrogen) atoms.